The maximum absolute atomic E-state index is 5.03. The molecule has 0 radical (unpaired) electrons. The van der Waals surface area contributed by atoms with E-state index in [4.69, 9.17) is 10.1 Å². The summed E-state index contributed by atoms with van der Waals surface area (Å²) in [4.78, 5) is 5.03. The van der Waals surface area contributed by atoms with Crippen molar-refractivity contribution in [2.75, 3.05) is 0 Å². The minimum Gasteiger partial charge on any atom is -0.309 e. The molecule has 0 N–H and O–H groups in total. The Morgan fingerprint density at radius 3 is 2.20 bits per heavy atom. The third-order valence-corrected chi connectivity index (χ3v) is 9.13. The molecule has 0 unspecified atom stereocenters. The molecule has 4 nitrogen and oxygen atoms in total. The third-order valence-electron chi connectivity index (χ3n) is 7.99. The SMILES string of the molecule is Cc1cc2c3ccccc3nc(-c3ccc(-n4c5ccccc5c5cc6sc7ccccc7c6cc54)cc3)n2n1. The van der Waals surface area contributed by atoms with Gasteiger partial charge in [-0.2, -0.15) is 5.10 Å². The van der Waals surface area contributed by atoms with E-state index in [0.29, 0.717) is 0 Å². The van der Waals surface area contributed by atoms with Crippen molar-refractivity contribution in [1.82, 2.24) is 19.2 Å². The number of fused-ring (bicyclic) bond motifs is 9. The fourth-order valence-corrected chi connectivity index (χ4v) is 7.34. The van der Waals surface area contributed by atoms with Crippen LogP contribution in [-0.4, -0.2) is 19.2 Å². The predicted molar refractivity (Wildman–Crippen MR) is 168 cm³/mol. The molecule has 0 saturated carbocycles. The zero-order chi connectivity index (χ0) is 26.4. The van der Waals surface area contributed by atoms with E-state index >= 15 is 0 Å². The Balaban J connectivity index is 1.28. The van der Waals surface area contributed by atoms with Gasteiger partial charge in [0.25, 0.3) is 0 Å². The van der Waals surface area contributed by atoms with Crippen LogP contribution >= 0.6 is 11.3 Å². The summed E-state index contributed by atoms with van der Waals surface area (Å²) in [6.45, 7) is 2.03. The highest BCUT2D eigenvalue weighted by Gasteiger charge is 2.17. The molecular weight excluding hydrogens is 508 g/mol. The van der Waals surface area contributed by atoms with E-state index in [0.717, 1.165) is 39.2 Å². The van der Waals surface area contributed by atoms with E-state index in [9.17, 15) is 0 Å². The van der Waals surface area contributed by atoms with Crippen LogP contribution in [0.15, 0.2) is 115 Å². The summed E-state index contributed by atoms with van der Waals surface area (Å²) in [7, 11) is 0. The van der Waals surface area contributed by atoms with Gasteiger partial charge in [0.1, 0.15) is 0 Å². The van der Waals surface area contributed by atoms with Crippen molar-refractivity contribution in [2.45, 2.75) is 6.92 Å². The van der Waals surface area contributed by atoms with Crippen LogP contribution in [0.5, 0.6) is 0 Å². The largest absolute Gasteiger partial charge is 0.309 e. The van der Waals surface area contributed by atoms with Gasteiger partial charge in [0, 0.05) is 47.6 Å². The molecule has 9 rings (SSSR count). The second-order valence-electron chi connectivity index (χ2n) is 10.4. The van der Waals surface area contributed by atoms with Crippen molar-refractivity contribution in [1.29, 1.82) is 0 Å². The summed E-state index contributed by atoms with van der Waals surface area (Å²) in [5.41, 5.74) is 7.63. The Bertz CT molecular complexity index is 2440. The van der Waals surface area contributed by atoms with Gasteiger partial charge in [-0.15, -0.1) is 11.3 Å². The Morgan fingerprint density at radius 1 is 0.575 bits per heavy atom. The molecule has 0 aliphatic heterocycles. The number of rotatable bonds is 2. The van der Waals surface area contributed by atoms with Crippen LogP contribution in [0.1, 0.15) is 5.69 Å². The number of aromatic nitrogens is 4. The van der Waals surface area contributed by atoms with Crippen molar-refractivity contribution in [3.63, 3.8) is 0 Å². The summed E-state index contributed by atoms with van der Waals surface area (Å²) in [5, 5.41) is 11.1. The highest BCUT2D eigenvalue weighted by atomic mass is 32.1. The fraction of sp³-hybridized carbons (Fsp3) is 0.0286. The quantitative estimate of drug-likeness (QED) is 0.223. The molecule has 0 saturated heterocycles. The highest BCUT2D eigenvalue weighted by Crippen LogP contribution is 2.40. The van der Waals surface area contributed by atoms with Gasteiger partial charge in [-0.1, -0.05) is 54.6 Å². The van der Waals surface area contributed by atoms with Gasteiger partial charge in [0.15, 0.2) is 5.82 Å². The number of hydrogen-bond acceptors (Lipinski definition) is 3. The van der Waals surface area contributed by atoms with Gasteiger partial charge in [-0.3, -0.25) is 0 Å². The van der Waals surface area contributed by atoms with Crippen LogP contribution in [0.4, 0.5) is 0 Å². The molecule has 0 fully saturated rings. The molecule has 0 aliphatic carbocycles. The van der Waals surface area contributed by atoms with Gasteiger partial charge >= 0.3 is 0 Å². The van der Waals surface area contributed by atoms with E-state index < -0.39 is 0 Å². The topological polar surface area (TPSA) is 35.1 Å². The molecular formula is C35H22N4S. The lowest BCUT2D eigenvalue weighted by molar-refractivity contribution is 0.921. The summed E-state index contributed by atoms with van der Waals surface area (Å²) in [6.07, 6.45) is 0. The lowest BCUT2D eigenvalue weighted by Gasteiger charge is -2.11. The van der Waals surface area contributed by atoms with Crippen LogP contribution in [0.25, 0.3) is 75.5 Å². The summed E-state index contributed by atoms with van der Waals surface area (Å²) in [5.74, 6) is 0.849. The van der Waals surface area contributed by atoms with Crippen molar-refractivity contribution in [3.8, 4) is 17.1 Å². The van der Waals surface area contributed by atoms with Crippen LogP contribution in [-0.2, 0) is 0 Å². The first-order valence-electron chi connectivity index (χ1n) is 13.4. The zero-order valence-electron chi connectivity index (χ0n) is 21.7. The van der Waals surface area contributed by atoms with E-state index in [-0.39, 0.29) is 0 Å². The molecule has 4 aromatic heterocycles. The van der Waals surface area contributed by atoms with E-state index in [1.54, 1.807) is 0 Å². The van der Waals surface area contributed by atoms with E-state index in [1.807, 2.05) is 28.8 Å². The molecule has 5 aromatic carbocycles. The number of hydrogen-bond donors (Lipinski definition) is 0. The van der Waals surface area contributed by atoms with Gasteiger partial charge in [-0.05, 0) is 67.6 Å². The van der Waals surface area contributed by atoms with Gasteiger partial charge in [-0.25, -0.2) is 9.50 Å². The summed E-state index contributed by atoms with van der Waals surface area (Å²) in [6, 6.07) is 41.3. The minimum atomic E-state index is 0.849. The van der Waals surface area contributed by atoms with Crippen LogP contribution < -0.4 is 0 Å². The Labute approximate surface area is 233 Å². The first-order chi connectivity index (χ1) is 19.7. The third kappa shape index (κ3) is 3.01. The van der Waals surface area contributed by atoms with Crippen molar-refractivity contribution in [3.05, 3.63) is 121 Å². The Morgan fingerprint density at radius 2 is 1.32 bits per heavy atom. The van der Waals surface area contributed by atoms with Gasteiger partial charge < -0.3 is 4.57 Å². The average Bonchev–Trinajstić information content (AvgIpc) is 3.66. The molecule has 0 spiro atoms. The molecule has 0 bridgehead atoms. The number of benzene rings is 5. The lowest BCUT2D eigenvalue weighted by atomic mass is 10.1. The Hall–Kier alpha value is -5.00. The second-order valence-corrected chi connectivity index (χ2v) is 11.5. The zero-order valence-corrected chi connectivity index (χ0v) is 22.5. The second kappa shape index (κ2) is 8.01. The number of nitrogens with zero attached hydrogens (tertiary/aromatic N) is 4. The first kappa shape index (κ1) is 21.9. The highest BCUT2D eigenvalue weighted by molar-refractivity contribution is 7.25. The van der Waals surface area contributed by atoms with Gasteiger partial charge in [0.2, 0.25) is 0 Å². The van der Waals surface area contributed by atoms with Crippen molar-refractivity contribution >= 4 is 69.7 Å². The Kier molecular flexibility index (Phi) is 4.38. The maximum Gasteiger partial charge on any atom is 0.161 e. The standard InChI is InChI=1S/C35H22N4S/c1-21-18-32-26-10-2-5-11-29(26)36-35(39(32)37-21)22-14-16-23(17-15-22)38-30-12-6-3-8-24(30)27-20-34-28(19-31(27)38)25-9-4-7-13-33(25)40-34/h2-20H,1H3. The molecule has 0 aliphatic rings. The van der Waals surface area contributed by atoms with Crippen LogP contribution in [0, 0.1) is 6.92 Å². The van der Waals surface area contributed by atoms with Crippen molar-refractivity contribution < 1.29 is 0 Å². The first-order valence-corrected chi connectivity index (χ1v) is 14.2. The fourth-order valence-electron chi connectivity index (χ4n) is 6.21. The summed E-state index contributed by atoms with van der Waals surface area (Å²) < 4.78 is 7.02. The van der Waals surface area contributed by atoms with Crippen molar-refractivity contribution in [2.24, 2.45) is 0 Å². The monoisotopic (exact) mass is 530 g/mol. The van der Waals surface area contributed by atoms with Crippen LogP contribution in [0.2, 0.25) is 0 Å². The maximum atomic E-state index is 5.03. The number of aryl methyl sites for hydroxylation is 1. The molecule has 9 aromatic rings. The minimum absolute atomic E-state index is 0.849. The predicted octanol–water partition coefficient (Wildman–Crippen LogP) is 9.32. The molecule has 4 heterocycles. The number of thiophene rings is 1. The average molecular weight is 531 g/mol. The van der Waals surface area contributed by atoms with E-state index in [1.165, 1.54) is 42.0 Å². The summed E-state index contributed by atoms with van der Waals surface area (Å²) >= 11 is 1.87. The molecule has 188 valence electrons. The lowest BCUT2D eigenvalue weighted by Crippen LogP contribution is -2.00. The van der Waals surface area contributed by atoms with Gasteiger partial charge in [0.05, 0.1) is 27.8 Å². The molecule has 0 atom stereocenters. The van der Waals surface area contributed by atoms with E-state index in [2.05, 4.69) is 114 Å². The smallest absolute Gasteiger partial charge is 0.161 e. The normalized spacial score (nSPS) is 12.1. The molecule has 40 heavy (non-hydrogen) atoms. The molecule has 5 heteroatoms. The number of para-hydroxylation sites is 2. The molecule has 0 amide bonds. The van der Waals surface area contributed by atoms with Crippen LogP contribution in [0.3, 0.4) is 0 Å².